The van der Waals surface area contributed by atoms with Crippen molar-refractivity contribution in [2.75, 3.05) is 13.1 Å². The van der Waals surface area contributed by atoms with E-state index in [0.717, 1.165) is 44.7 Å². The number of amides is 2. The second-order valence-corrected chi connectivity index (χ2v) is 8.30. The second-order valence-electron chi connectivity index (χ2n) is 8.30. The molecule has 7 nitrogen and oxygen atoms in total. The Morgan fingerprint density at radius 2 is 1.30 bits per heavy atom. The highest BCUT2D eigenvalue weighted by molar-refractivity contribution is 5.91. The predicted molar refractivity (Wildman–Crippen MR) is 151 cm³/mol. The van der Waals surface area contributed by atoms with Crippen LogP contribution in [0.15, 0.2) is 85.3 Å². The van der Waals surface area contributed by atoms with Crippen LogP contribution in [0, 0.1) is 12.1 Å². The molecule has 0 radical (unpaired) electrons. The molecule has 0 saturated carbocycles. The van der Waals surface area contributed by atoms with E-state index in [2.05, 4.69) is 89.4 Å². The summed E-state index contributed by atoms with van der Waals surface area (Å²) in [6.07, 6.45) is 35.2. The third-order valence-corrected chi connectivity index (χ3v) is 5.08. The van der Waals surface area contributed by atoms with E-state index in [9.17, 15) is 14.8 Å². The summed E-state index contributed by atoms with van der Waals surface area (Å²) in [6, 6.07) is 0. The van der Waals surface area contributed by atoms with Crippen LogP contribution < -0.4 is 15.4 Å². The lowest BCUT2D eigenvalue weighted by Gasteiger charge is -2.06. The van der Waals surface area contributed by atoms with Crippen LogP contribution in [0.2, 0.25) is 0 Å². The van der Waals surface area contributed by atoms with Crippen molar-refractivity contribution in [1.82, 2.24) is 15.6 Å². The van der Waals surface area contributed by atoms with E-state index >= 15 is 0 Å². The molecule has 0 spiro atoms. The van der Waals surface area contributed by atoms with Crippen LogP contribution >= 0.6 is 0 Å². The van der Waals surface area contributed by atoms with Gasteiger partial charge in [-0.2, -0.15) is 4.73 Å². The van der Waals surface area contributed by atoms with Gasteiger partial charge in [0, 0.05) is 26.4 Å². The van der Waals surface area contributed by atoms with Crippen molar-refractivity contribution in [2.45, 2.75) is 65.2 Å². The zero-order valence-corrected chi connectivity index (χ0v) is 22.3. The van der Waals surface area contributed by atoms with Gasteiger partial charge in [0.1, 0.15) is 0 Å². The van der Waals surface area contributed by atoms with Crippen molar-refractivity contribution in [3.8, 4) is 0 Å². The van der Waals surface area contributed by atoms with Gasteiger partial charge in [-0.25, -0.2) is 4.98 Å². The number of carbonyl (C=O) groups is 2. The Labute approximate surface area is 222 Å². The number of nitrogens with one attached hydrogen (secondary N) is 2. The van der Waals surface area contributed by atoms with Crippen molar-refractivity contribution in [1.29, 1.82) is 0 Å². The fourth-order valence-corrected chi connectivity index (χ4v) is 2.99. The molecule has 1 aromatic rings. The van der Waals surface area contributed by atoms with Crippen LogP contribution in [-0.4, -0.2) is 29.9 Å². The number of aromatic nitrogens is 2. The molecular weight excluding hydrogens is 464 g/mol. The van der Waals surface area contributed by atoms with E-state index in [4.69, 9.17) is 0 Å². The van der Waals surface area contributed by atoms with Crippen molar-refractivity contribution in [3.63, 3.8) is 0 Å². The van der Waals surface area contributed by atoms with Crippen LogP contribution in [-0.2, 0) is 4.79 Å². The van der Waals surface area contributed by atoms with Crippen molar-refractivity contribution < 1.29 is 14.3 Å². The lowest BCUT2D eigenvalue weighted by atomic mass is 10.2. The van der Waals surface area contributed by atoms with Crippen molar-refractivity contribution in [2.24, 2.45) is 0 Å². The van der Waals surface area contributed by atoms with Gasteiger partial charge in [-0.15, -0.1) is 0 Å². The van der Waals surface area contributed by atoms with Gasteiger partial charge < -0.3 is 15.8 Å². The summed E-state index contributed by atoms with van der Waals surface area (Å²) in [4.78, 5) is 27.7. The van der Waals surface area contributed by atoms with Gasteiger partial charge in [-0.3, -0.25) is 9.59 Å². The number of nitrogens with zero attached hydrogens (tertiary/aromatic N) is 2. The van der Waals surface area contributed by atoms with E-state index < -0.39 is 5.91 Å². The standard InChI is InChI=1S/C30H42N4O3/c1-3-4-5-6-7-8-9-10-11-12-13-14-15-16-17-18-19-20-21-22-29(35)31-23-24-32-30(36)28-26-34(37)27(2)25-33-28/h4-5,7-8,10-11,13-14,16-17,19-20,25-26H,3,6,9,12,15,18,21-24H2,1-2H3,(H,31,35)(H,32,36)/b5-4-,8-7-,11-10-,14-13-,17-16-,20-19-. The molecule has 0 saturated heterocycles. The Balaban J connectivity index is 2.01. The fraction of sp³-hybridized carbons (Fsp3) is 0.400. The third kappa shape index (κ3) is 17.4. The molecule has 0 aromatic carbocycles. The van der Waals surface area contributed by atoms with Gasteiger partial charge >= 0.3 is 0 Å². The minimum absolute atomic E-state index is 0.0459. The lowest BCUT2D eigenvalue weighted by Crippen LogP contribution is -2.37. The van der Waals surface area contributed by atoms with Crippen LogP contribution in [0.5, 0.6) is 0 Å². The molecule has 200 valence electrons. The summed E-state index contributed by atoms with van der Waals surface area (Å²) in [6.45, 7) is 4.33. The Morgan fingerprint density at radius 1 is 0.811 bits per heavy atom. The summed E-state index contributed by atoms with van der Waals surface area (Å²) < 4.78 is 0.596. The number of carbonyl (C=O) groups excluding carboxylic acids is 2. The SMILES string of the molecule is CC/C=C\C/C=C\C/C=C\C/C=C\C/C=C\C/C=C\CCC(=O)NCCNC(=O)c1c[n+]([O-])c(C)cn1. The van der Waals surface area contributed by atoms with E-state index in [0.29, 0.717) is 29.8 Å². The monoisotopic (exact) mass is 506 g/mol. The maximum absolute atomic E-state index is 12.0. The summed E-state index contributed by atoms with van der Waals surface area (Å²) in [7, 11) is 0. The molecule has 37 heavy (non-hydrogen) atoms. The largest absolute Gasteiger partial charge is 0.618 e. The van der Waals surface area contributed by atoms with Crippen LogP contribution in [0.4, 0.5) is 0 Å². The minimum atomic E-state index is -0.447. The highest BCUT2D eigenvalue weighted by Crippen LogP contribution is 1.98. The van der Waals surface area contributed by atoms with Crippen molar-refractivity contribution in [3.05, 3.63) is 102 Å². The molecule has 1 heterocycles. The molecule has 0 unspecified atom stereocenters. The van der Waals surface area contributed by atoms with E-state index in [1.807, 2.05) is 6.08 Å². The number of hydrogen-bond donors (Lipinski definition) is 2. The van der Waals surface area contributed by atoms with Crippen LogP contribution in [0.3, 0.4) is 0 Å². The molecule has 0 atom stereocenters. The molecule has 0 fully saturated rings. The highest BCUT2D eigenvalue weighted by Gasteiger charge is 2.11. The first-order chi connectivity index (χ1) is 18.0. The van der Waals surface area contributed by atoms with E-state index in [1.165, 1.54) is 6.20 Å². The Morgan fingerprint density at radius 3 is 1.81 bits per heavy atom. The van der Waals surface area contributed by atoms with Gasteiger partial charge in [0.25, 0.3) is 5.91 Å². The first kappa shape index (κ1) is 31.3. The molecule has 0 aliphatic rings. The average Bonchev–Trinajstić information content (AvgIpc) is 2.89. The van der Waals surface area contributed by atoms with Gasteiger partial charge in [0.2, 0.25) is 17.8 Å². The molecule has 0 aliphatic carbocycles. The normalized spacial score (nSPS) is 12.3. The molecule has 0 aliphatic heterocycles. The number of hydrogen-bond acceptors (Lipinski definition) is 4. The molecule has 7 heteroatoms. The quantitative estimate of drug-likeness (QED) is 0.121. The number of allylic oxidation sites excluding steroid dienone is 12. The summed E-state index contributed by atoms with van der Waals surface area (Å²) in [5, 5.41) is 16.9. The lowest BCUT2D eigenvalue weighted by molar-refractivity contribution is -0.613. The third-order valence-electron chi connectivity index (χ3n) is 5.08. The highest BCUT2D eigenvalue weighted by atomic mass is 16.5. The molecule has 2 amide bonds. The number of aryl methyl sites for hydroxylation is 1. The van der Waals surface area contributed by atoms with Gasteiger partial charge in [0.05, 0.1) is 6.20 Å². The minimum Gasteiger partial charge on any atom is -0.618 e. The van der Waals surface area contributed by atoms with E-state index in [-0.39, 0.29) is 18.1 Å². The van der Waals surface area contributed by atoms with Crippen molar-refractivity contribution >= 4 is 11.8 Å². The number of rotatable bonds is 18. The predicted octanol–water partition coefficient (Wildman–Crippen LogP) is 5.35. The maximum atomic E-state index is 12.0. The summed E-state index contributed by atoms with van der Waals surface area (Å²) >= 11 is 0. The molecule has 1 aromatic heterocycles. The Hall–Kier alpha value is -3.74. The Bertz CT molecular complexity index is 975. The zero-order valence-electron chi connectivity index (χ0n) is 22.3. The molecule has 2 N–H and O–H groups in total. The maximum Gasteiger partial charge on any atom is 0.276 e. The summed E-state index contributed by atoms with van der Waals surface area (Å²) in [5.41, 5.74) is 0.459. The van der Waals surface area contributed by atoms with Crippen LogP contribution in [0.1, 0.15) is 74.5 Å². The van der Waals surface area contributed by atoms with Gasteiger partial charge in [0.15, 0.2) is 5.69 Å². The van der Waals surface area contributed by atoms with E-state index in [1.54, 1.807) is 6.92 Å². The molecular formula is C30H42N4O3. The van der Waals surface area contributed by atoms with Gasteiger partial charge in [-0.1, -0.05) is 79.8 Å². The zero-order chi connectivity index (χ0) is 27.0. The average molecular weight is 507 g/mol. The first-order valence-electron chi connectivity index (χ1n) is 13.0. The Kier molecular flexibility index (Phi) is 18.2. The molecule has 1 rings (SSSR count). The summed E-state index contributed by atoms with van der Waals surface area (Å²) in [5.74, 6) is -0.517. The topological polar surface area (TPSA) is 98.0 Å². The van der Waals surface area contributed by atoms with Crippen LogP contribution in [0.25, 0.3) is 0 Å². The first-order valence-corrected chi connectivity index (χ1v) is 13.0. The van der Waals surface area contributed by atoms with Gasteiger partial charge in [-0.05, 0) is 44.9 Å². The smallest absolute Gasteiger partial charge is 0.276 e. The second kappa shape index (κ2) is 21.5. The molecule has 0 bridgehead atoms. The fourth-order valence-electron chi connectivity index (χ4n) is 2.99.